The molecule has 0 fully saturated rings. The van der Waals surface area contributed by atoms with Gasteiger partial charge in [0.25, 0.3) is 5.91 Å². The summed E-state index contributed by atoms with van der Waals surface area (Å²) in [5, 5.41) is 27.0. The molecule has 0 spiro atoms. The van der Waals surface area contributed by atoms with Gasteiger partial charge in [-0.2, -0.15) is 0 Å². The lowest BCUT2D eigenvalue weighted by Gasteiger charge is -2.20. The third kappa shape index (κ3) is 4.49. The van der Waals surface area contributed by atoms with E-state index in [1.54, 1.807) is 12.1 Å². The number of anilines is 1. The molecule has 2 rings (SSSR count). The highest BCUT2D eigenvalue weighted by Crippen LogP contribution is 2.15. The molecule has 0 saturated heterocycles. The second kappa shape index (κ2) is 6.95. The Morgan fingerprint density at radius 2 is 2.27 bits per heavy atom. The summed E-state index contributed by atoms with van der Waals surface area (Å²) < 4.78 is 0. The Morgan fingerprint density at radius 3 is 2.91 bits per heavy atom. The number of amides is 1. The van der Waals surface area contributed by atoms with Gasteiger partial charge in [0.15, 0.2) is 5.96 Å². The molecule has 1 amide bonds. The third-order valence-electron chi connectivity index (χ3n) is 3.02. The number of aryl methyl sites for hydroxylation is 1. The van der Waals surface area contributed by atoms with Crippen LogP contribution in [0.5, 0.6) is 0 Å². The van der Waals surface area contributed by atoms with Gasteiger partial charge in [0.05, 0.1) is 19.2 Å². The Labute approximate surface area is 128 Å². The lowest BCUT2D eigenvalue weighted by molar-refractivity contribution is 0.0952. The average Bonchev–Trinajstić information content (AvgIpc) is 2.46. The van der Waals surface area contributed by atoms with Crippen molar-refractivity contribution in [3.8, 4) is 0 Å². The number of aliphatic hydroxyl groups is 2. The maximum absolute atomic E-state index is 12.0. The zero-order chi connectivity index (χ0) is 16.1. The van der Waals surface area contributed by atoms with Gasteiger partial charge in [-0.1, -0.05) is 6.58 Å². The number of rotatable bonds is 4. The number of nitrogens with one attached hydrogen (secondary N) is 3. The predicted molar refractivity (Wildman–Crippen MR) is 85.2 cm³/mol. The third-order valence-corrected chi connectivity index (χ3v) is 3.02. The number of carbonyl (C=O) groups is 1. The summed E-state index contributed by atoms with van der Waals surface area (Å²) in [7, 11) is 0. The van der Waals surface area contributed by atoms with Gasteiger partial charge in [-0.3, -0.25) is 9.79 Å². The summed E-state index contributed by atoms with van der Waals surface area (Å²) in [5.74, 6) is 0.167. The van der Waals surface area contributed by atoms with E-state index in [-0.39, 0.29) is 18.2 Å². The van der Waals surface area contributed by atoms with Crippen molar-refractivity contribution in [1.29, 1.82) is 0 Å². The zero-order valence-electron chi connectivity index (χ0n) is 12.4. The molecule has 1 aliphatic rings. The monoisotopic (exact) mass is 304 g/mol. The van der Waals surface area contributed by atoms with Gasteiger partial charge in [0, 0.05) is 17.8 Å². The molecule has 5 N–H and O–H groups in total. The SMILES string of the molecule is C=C(O)CNC(=O)c1cc(C)cc(NC2=NCC(O)CN2)c1. The van der Waals surface area contributed by atoms with Gasteiger partial charge in [0.1, 0.15) is 5.76 Å². The van der Waals surface area contributed by atoms with Crippen LogP contribution in [0.1, 0.15) is 15.9 Å². The van der Waals surface area contributed by atoms with Crippen molar-refractivity contribution in [3.05, 3.63) is 41.7 Å². The molecule has 1 heterocycles. The van der Waals surface area contributed by atoms with Crippen LogP contribution in [0.15, 0.2) is 35.5 Å². The number of carbonyl (C=O) groups excluding carboxylic acids is 1. The minimum atomic E-state index is -0.476. The van der Waals surface area contributed by atoms with Crippen LogP contribution in [0.3, 0.4) is 0 Å². The molecule has 118 valence electrons. The summed E-state index contributed by atoms with van der Waals surface area (Å²) >= 11 is 0. The van der Waals surface area contributed by atoms with E-state index >= 15 is 0 Å². The van der Waals surface area contributed by atoms with Crippen LogP contribution in [0.25, 0.3) is 0 Å². The molecule has 22 heavy (non-hydrogen) atoms. The number of guanidine groups is 1. The van der Waals surface area contributed by atoms with Crippen LogP contribution < -0.4 is 16.0 Å². The predicted octanol–water partition coefficient (Wildman–Crippen LogP) is 0.529. The van der Waals surface area contributed by atoms with Gasteiger partial charge in [-0.25, -0.2) is 0 Å². The van der Waals surface area contributed by atoms with Gasteiger partial charge >= 0.3 is 0 Å². The number of nitrogens with zero attached hydrogens (tertiary/aromatic N) is 1. The van der Waals surface area contributed by atoms with E-state index in [0.717, 1.165) is 11.3 Å². The Balaban J connectivity index is 2.09. The summed E-state index contributed by atoms with van der Waals surface area (Å²) in [6, 6.07) is 5.33. The number of hydrogen-bond donors (Lipinski definition) is 5. The highest BCUT2D eigenvalue weighted by Gasteiger charge is 2.13. The molecule has 1 atom stereocenters. The molecule has 0 aliphatic carbocycles. The smallest absolute Gasteiger partial charge is 0.251 e. The van der Waals surface area contributed by atoms with E-state index in [2.05, 4.69) is 27.5 Å². The second-order valence-corrected chi connectivity index (χ2v) is 5.19. The minimum Gasteiger partial charge on any atom is -0.511 e. The van der Waals surface area contributed by atoms with Gasteiger partial charge in [0.2, 0.25) is 0 Å². The van der Waals surface area contributed by atoms with E-state index in [0.29, 0.717) is 24.6 Å². The van der Waals surface area contributed by atoms with Crippen molar-refractivity contribution in [2.75, 3.05) is 25.0 Å². The lowest BCUT2D eigenvalue weighted by Crippen LogP contribution is -2.42. The second-order valence-electron chi connectivity index (χ2n) is 5.19. The summed E-state index contributed by atoms with van der Waals surface area (Å²) in [6.45, 7) is 6.00. The highest BCUT2D eigenvalue weighted by atomic mass is 16.3. The van der Waals surface area contributed by atoms with Crippen molar-refractivity contribution in [3.63, 3.8) is 0 Å². The number of aliphatic imine (C=N–C) groups is 1. The first-order valence-electron chi connectivity index (χ1n) is 6.94. The van der Waals surface area contributed by atoms with Crippen LogP contribution in [0.4, 0.5) is 5.69 Å². The first-order chi connectivity index (χ1) is 10.4. The van der Waals surface area contributed by atoms with Crippen molar-refractivity contribution in [2.45, 2.75) is 13.0 Å². The largest absolute Gasteiger partial charge is 0.511 e. The Morgan fingerprint density at radius 1 is 1.50 bits per heavy atom. The van der Waals surface area contributed by atoms with Crippen molar-refractivity contribution in [2.24, 2.45) is 4.99 Å². The fourth-order valence-corrected chi connectivity index (χ4v) is 2.02. The maximum Gasteiger partial charge on any atom is 0.251 e. The topological polar surface area (TPSA) is 106 Å². The van der Waals surface area contributed by atoms with E-state index in [1.165, 1.54) is 0 Å². The van der Waals surface area contributed by atoms with E-state index in [4.69, 9.17) is 5.11 Å². The van der Waals surface area contributed by atoms with Crippen LogP contribution in [-0.4, -0.2) is 47.8 Å². The van der Waals surface area contributed by atoms with Gasteiger partial charge in [-0.15, -0.1) is 0 Å². The lowest BCUT2D eigenvalue weighted by atomic mass is 10.1. The summed E-state index contributed by atoms with van der Waals surface area (Å²) in [6.07, 6.45) is -0.476. The van der Waals surface area contributed by atoms with Crippen molar-refractivity contribution < 1.29 is 15.0 Å². The molecule has 1 aromatic rings. The summed E-state index contributed by atoms with van der Waals surface area (Å²) in [4.78, 5) is 16.2. The molecule has 0 aromatic heterocycles. The van der Waals surface area contributed by atoms with Crippen molar-refractivity contribution >= 4 is 17.6 Å². The average molecular weight is 304 g/mol. The van der Waals surface area contributed by atoms with Crippen molar-refractivity contribution in [1.82, 2.24) is 10.6 Å². The molecule has 1 aromatic carbocycles. The van der Waals surface area contributed by atoms with E-state index in [9.17, 15) is 9.90 Å². The maximum atomic E-state index is 12.0. The standard InChI is InChI=1S/C15H20N4O3/c1-9-3-11(14(22)16-6-10(2)20)5-12(4-9)19-15-17-7-13(21)8-18-15/h3-5,13,20-21H,2,6-8H2,1H3,(H,16,22)(H2,17,18,19). The summed E-state index contributed by atoms with van der Waals surface area (Å²) in [5.41, 5.74) is 2.10. The quantitative estimate of drug-likeness (QED) is 0.522. The Bertz CT molecular complexity index is 613. The zero-order valence-corrected chi connectivity index (χ0v) is 12.4. The first kappa shape index (κ1) is 15.8. The van der Waals surface area contributed by atoms with Crippen LogP contribution >= 0.6 is 0 Å². The molecule has 0 bridgehead atoms. The molecule has 7 nitrogen and oxygen atoms in total. The molecule has 1 unspecified atom stereocenters. The normalized spacial score (nSPS) is 17.2. The van der Waals surface area contributed by atoms with Gasteiger partial charge < -0.3 is 26.2 Å². The Hall–Kier alpha value is -2.54. The number of benzene rings is 1. The van der Waals surface area contributed by atoms with Crippen LogP contribution in [0.2, 0.25) is 0 Å². The van der Waals surface area contributed by atoms with Gasteiger partial charge in [-0.05, 0) is 30.7 Å². The molecular weight excluding hydrogens is 284 g/mol. The van der Waals surface area contributed by atoms with E-state index < -0.39 is 6.10 Å². The fourth-order valence-electron chi connectivity index (χ4n) is 2.02. The van der Waals surface area contributed by atoms with Crippen LogP contribution in [0, 0.1) is 6.92 Å². The first-order valence-corrected chi connectivity index (χ1v) is 6.94. The van der Waals surface area contributed by atoms with E-state index in [1.807, 2.05) is 13.0 Å². The molecule has 7 heteroatoms. The molecule has 1 aliphatic heterocycles. The Kier molecular flexibility index (Phi) is 5.00. The number of hydrogen-bond acceptors (Lipinski definition) is 6. The molecule has 0 saturated carbocycles. The highest BCUT2D eigenvalue weighted by molar-refractivity contribution is 5.98. The fraction of sp³-hybridized carbons (Fsp3) is 0.333. The molecule has 0 radical (unpaired) electrons. The molecular formula is C15H20N4O3. The van der Waals surface area contributed by atoms with Crippen LogP contribution in [-0.2, 0) is 0 Å². The number of aliphatic hydroxyl groups excluding tert-OH is 2. The minimum absolute atomic E-state index is 0.0156. The number of β-amino-alcohol motifs (C(OH)–C–C–N with tert-alkyl or cyclic N) is 1.